The molecule has 0 unspecified atom stereocenters. The Morgan fingerprint density at radius 3 is 2.27 bits per heavy atom. The summed E-state index contributed by atoms with van der Waals surface area (Å²) in [4.78, 5) is 29.6. The van der Waals surface area contributed by atoms with Crippen LogP contribution >= 0.6 is 0 Å². The summed E-state index contributed by atoms with van der Waals surface area (Å²) in [5.41, 5.74) is 0.235. The van der Waals surface area contributed by atoms with Crippen molar-refractivity contribution in [2.24, 2.45) is 11.8 Å². The summed E-state index contributed by atoms with van der Waals surface area (Å²) in [6.45, 7) is 7.79. The van der Waals surface area contributed by atoms with Crippen LogP contribution in [0.3, 0.4) is 0 Å². The lowest BCUT2D eigenvalue weighted by atomic mass is 9.98. The van der Waals surface area contributed by atoms with Crippen LogP contribution in [0.4, 0.5) is 10.1 Å². The SMILES string of the molecule is CC.CC1CCN(c2cc3c(cc2F)c(=O)c(C(=O)O)cn3C2CC2)CC1.CON. The van der Waals surface area contributed by atoms with Crippen LogP contribution in [-0.2, 0) is 4.84 Å². The number of piperidine rings is 1. The van der Waals surface area contributed by atoms with Crippen molar-refractivity contribution in [1.29, 1.82) is 0 Å². The lowest BCUT2D eigenvalue weighted by molar-refractivity contribution is 0.0695. The first kappa shape index (κ1) is 23.8. The lowest BCUT2D eigenvalue weighted by Gasteiger charge is -2.32. The minimum absolute atomic E-state index is 0.151. The van der Waals surface area contributed by atoms with Crippen LogP contribution in [-0.4, -0.2) is 35.8 Å². The van der Waals surface area contributed by atoms with E-state index in [1.807, 2.05) is 23.3 Å². The van der Waals surface area contributed by atoms with Crippen LogP contribution in [0.1, 0.15) is 62.9 Å². The van der Waals surface area contributed by atoms with Gasteiger partial charge in [0, 0.05) is 30.7 Å². The van der Waals surface area contributed by atoms with E-state index >= 15 is 0 Å². The molecule has 1 aliphatic heterocycles. The van der Waals surface area contributed by atoms with Gasteiger partial charge in [-0.3, -0.25) is 4.79 Å². The molecular formula is C22H32FN3O4. The van der Waals surface area contributed by atoms with Crippen molar-refractivity contribution in [1.82, 2.24) is 4.57 Å². The van der Waals surface area contributed by atoms with Gasteiger partial charge in [0.15, 0.2) is 0 Å². The number of carbonyl (C=O) groups is 1. The first-order valence-electron chi connectivity index (χ1n) is 10.5. The number of rotatable bonds is 3. The van der Waals surface area contributed by atoms with Gasteiger partial charge in [0.25, 0.3) is 0 Å². The summed E-state index contributed by atoms with van der Waals surface area (Å²) < 4.78 is 16.6. The van der Waals surface area contributed by atoms with Gasteiger partial charge in [0.2, 0.25) is 5.43 Å². The number of aromatic carboxylic acids is 1. The molecule has 1 saturated carbocycles. The van der Waals surface area contributed by atoms with Gasteiger partial charge >= 0.3 is 5.97 Å². The Bertz CT molecular complexity index is 932. The first-order chi connectivity index (χ1) is 14.4. The van der Waals surface area contributed by atoms with E-state index in [1.165, 1.54) is 19.4 Å². The number of anilines is 1. The van der Waals surface area contributed by atoms with Gasteiger partial charge < -0.3 is 19.4 Å². The second-order valence-corrected chi connectivity index (χ2v) is 7.54. The largest absolute Gasteiger partial charge is 0.477 e. The Kier molecular flexibility index (Phi) is 8.37. The molecule has 1 aromatic heterocycles. The van der Waals surface area contributed by atoms with Crippen LogP contribution in [0.2, 0.25) is 0 Å². The topological polar surface area (TPSA) is 97.8 Å². The van der Waals surface area contributed by atoms with Crippen LogP contribution in [0.5, 0.6) is 0 Å². The average molecular weight is 422 g/mol. The van der Waals surface area contributed by atoms with Crippen LogP contribution in [0.25, 0.3) is 10.9 Å². The molecule has 2 aromatic rings. The summed E-state index contributed by atoms with van der Waals surface area (Å²) in [6.07, 6.45) is 5.36. The minimum Gasteiger partial charge on any atom is -0.477 e. The second-order valence-electron chi connectivity index (χ2n) is 7.54. The average Bonchev–Trinajstić information content (AvgIpc) is 3.56. The maximum absolute atomic E-state index is 14.7. The van der Waals surface area contributed by atoms with E-state index in [1.54, 1.807) is 6.07 Å². The number of carboxylic acid groups (broad SMARTS) is 1. The zero-order valence-electron chi connectivity index (χ0n) is 18.2. The van der Waals surface area contributed by atoms with Gasteiger partial charge in [0.05, 0.1) is 18.3 Å². The van der Waals surface area contributed by atoms with E-state index in [0.717, 1.165) is 38.8 Å². The molecule has 0 bridgehead atoms. The van der Waals surface area contributed by atoms with Crippen molar-refractivity contribution in [3.63, 3.8) is 0 Å². The Morgan fingerprint density at radius 2 is 1.77 bits per heavy atom. The zero-order valence-corrected chi connectivity index (χ0v) is 18.2. The number of benzene rings is 1. The van der Waals surface area contributed by atoms with Gasteiger partial charge in [-0.1, -0.05) is 20.8 Å². The van der Waals surface area contributed by atoms with E-state index in [-0.39, 0.29) is 17.0 Å². The number of carboxylic acids is 1. The van der Waals surface area contributed by atoms with Crippen molar-refractivity contribution < 1.29 is 19.1 Å². The van der Waals surface area contributed by atoms with Crippen LogP contribution in [0, 0.1) is 11.7 Å². The van der Waals surface area contributed by atoms with E-state index in [2.05, 4.69) is 17.7 Å². The molecule has 2 heterocycles. The fraction of sp³-hybridized carbons (Fsp3) is 0.545. The highest BCUT2D eigenvalue weighted by atomic mass is 19.1. The summed E-state index contributed by atoms with van der Waals surface area (Å²) in [5.74, 6) is 3.27. The molecule has 8 heteroatoms. The molecule has 2 aliphatic rings. The third-order valence-electron chi connectivity index (χ3n) is 5.40. The minimum atomic E-state index is -1.27. The Labute approximate surface area is 176 Å². The number of nitrogens with two attached hydrogens (primary N) is 1. The van der Waals surface area contributed by atoms with E-state index in [0.29, 0.717) is 17.1 Å². The molecule has 1 aromatic carbocycles. The van der Waals surface area contributed by atoms with Crippen LogP contribution in [0.15, 0.2) is 23.1 Å². The van der Waals surface area contributed by atoms with Crippen molar-refractivity contribution in [2.45, 2.75) is 52.5 Å². The lowest BCUT2D eigenvalue weighted by Crippen LogP contribution is -2.33. The third kappa shape index (κ3) is 5.17. The number of pyridine rings is 1. The van der Waals surface area contributed by atoms with Crippen molar-refractivity contribution in [2.75, 3.05) is 25.1 Å². The fourth-order valence-corrected chi connectivity index (χ4v) is 3.66. The number of hydrogen-bond donors (Lipinski definition) is 2. The summed E-state index contributed by atoms with van der Waals surface area (Å²) in [5, 5.41) is 9.44. The quantitative estimate of drug-likeness (QED) is 0.729. The zero-order chi connectivity index (χ0) is 22.4. The van der Waals surface area contributed by atoms with Crippen molar-refractivity contribution in [3.8, 4) is 0 Å². The Hall–Kier alpha value is -2.45. The maximum atomic E-state index is 14.7. The highest BCUT2D eigenvalue weighted by Crippen LogP contribution is 2.38. The number of nitrogens with zero attached hydrogens (tertiary/aromatic N) is 2. The van der Waals surface area contributed by atoms with E-state index in [4.69, 9.17) is 0 Å². The molecule has 1 saturated heterocycles. The molecule has 0 spiro atoms. The van der Waals surface area contributed by atoms with Gasteiger partial charge in [-0.2, -0.15) is 0 Å². The van der Waals surface area contributed by atoms with Gasteiger partial charge in [-0.25, -0.2) is 15.1 Å². The summed E-state index contributed by atoms with van der Waals surface area (Å²) >= 11 is 0. The molecule has 3 N–H and O–H groups in total. The first-order valence-corrected chi connectivity index (χ1v) is 10.5. The Morgan fingerprint density at radius 1 is 1.20 bits per heavy atom. The fourth-order valence-electron chi connectivity index (χ4n) is 3.66. The number of hydrogen-bond acceptors (Lipinski definition) is 5. The smallest absolute Gasteiger partial charge is 0.341 e. The molecule has 1 aliphatic carbocycles. The molecule has 0 radical (unpaired) electrons. The number of halogens is 1. The van der Waals surface area contributed by atoms with Gasteiger partial charge in [-0.05, 0) is 43.7 Å². The molecule has 0 amide bonds. The molecule has 4 rings (SSSR count). The predicted octanol–water partition coefficient (Wildman–Crippen LogP) is 3.94. The molecule has 30 heavy (non-hydrogen) atoms. The van der Waals surface area contributed by atoms with E-state index in [9.17, 15) is 19.1 Å². The standard InChI is InChI=1S/C19H21FN2O3.C2H6.CH5NO/c1-11-4-6-21(7-5-11)17-9-16-13(8-15(17)20)18(23)14(19(24)25)10-22(16)12-2-3-12;1-2;1-3-2/h8-12H,2-7H2,1H3,(H,24,25);1-2H3;2H2,1H3. The summed E-state index contributed by atoms with van der Waals surface area (Å²) in [7, 11) is 1.40. The molecule has 7 nitrogen and oxygen atoms in total. The summed E-state index contributed by atoms with van der Waals surface area (Å²) in [6, 6.07) is 3.14. The molecular weight excluding hydrogens is 389 g/mol. The third-order valence-corrected chi connectivity index (χ3v) is 5.40. The monoisotopic (exact) mass is 421 g/mol. The van der Waals surface area contributed by atoms with Crippen molar-refractivity contribution >= 4 is 22.6 Å². The maximum Gasteiger partial charge on any atom is 0.341 e. The number of aromatic nitrogens is 1. The molecule has 166 valence electrons. The highest BCUT2D eigenvalue weighted by Gasteiger charge is 2.28. The van der Waals surface area contributed by atoms with Gasteiger partial charge in [0.1, 0.15) is 11.4 Å². The molecule has 0 atom stereocenters. The van der Waals surface area contributed by atoms with Crippen LogP contribution < -0.4 is 16.2 Å². The van der Waals surface area contributed by atoms with Crippen molar-refractivity contribution in [3.05, 3.63) is 39.9 Å². The predicted molar refractivity (Wildman–Crippen MR) is 117 cm³/mol. The molecule has 2 fully saturated rings. The second kappa shape index (κ2) is 10.5. The Balaban J connectivity index is 0.000000590. The van der Waals surface area contributed by atoms with E-state index < -0.39 is 17.2 Å². The normalized spacial score (nSPS) is 16.4. The van der Waals surface area contributed by atoms with Gasteiger partial charge in [-0.15, -0.1) is 0 Å². The highest BCUT2D eigenvalue weighted by molar-refractivity contribution is 5.93. The number of fused-ring (bicyclic) bond motifs is 1.